The summed E-state index contributed by atoms with van der Waals surface area (Å²) in [4.78, 5) is -0.176. The molecule has 2 heterocycles. The van der Waals surface area contributed by atoms with Crippen LogP contribution in [0.15, 0.2) is 24.3 Å². The number of hydrogen-bond acceptors (Lipinski definition) is 4. The average molecular weight is 331 g/mol. The van der Waals surface area contributed by atoms with E-state index in [1.54, 1.807) is 17.8 Å². The molecule has 0 bridgehead atoms. The van der Waals surface area contributed by atoms with E-state index in [9.17, 15) is 12.8 Å². The highest BCUT2D eigenvalue weighted by Gasteiger charge is 2.41. The zero-order chi connectivity index (χ0) is 14.9. The third kappa shape index (κ3) is 3.41. The largest absolute Gasteiger partial charge is 0.363 e. The lowest BCUT2D eigenvalue weighted by Crippen LogP contribution is -2.45. The molecule has 1 aromatic carbocycles. The fourth-order valence-corrected chi connectivity index (χ4v) is 5.52. The molecule has 2 fully saturated rings. The van der Waals surface area contributed by atoms with Gasteiger partial charge in [0.15, 0.2) is 0 Å². The van der Waals surface area contributed by atoms with Crippen LogP contribution in [0.2, 0.25) is 0 Å². The van der Waals surface area contributed by atoms with Crippen LogP contribution in [0.25, 0.3) is 0 Å². The number of nitrogens with zero attached hydrogens (tertiary/aromatic N) is 1. The van der Waals surface area contributed by atoms with Gasteiger partial charge in [0.25, 0.3) is 0 Å². The van der Waals surface area contributed by atoms with Gasteiger partial charge in [0.05, 0.1) is 12.4 Å². The highest BCUT2D eigenvalue weighted by molar-refractivity contribution is 8.00. The lowest BCUT2D eigenvalue weighted by atomic mass is 10.1. The Morgan fingerprint density at radius 1 is 1.33 bits per heavy atom. The van der Waals surface area contributed by atoms with Gasteiger partial charge < -0.3 is 4.74 Å². The van der Waals surface area contributed by atoms with Gasteiger partial charge in [-0.2, -0.15) is 0 Å². The molecule has 0 atom stereocenters. The molecule has 0 N–H and O–H groups in total. The molecule has 3 rings (SSSR count). The molecule has 7 heteroatoms. The maximum Gasteiger partial charge on any atom is 0.218 e. The molecular weight excluding hydrogens is 313 g/mol. The lowest BCUT2D eigenvalue weighted by molar-refractivity contribution is 0.0161. The Kier molecular flexibility index (Phi) is 4.27. The van der Waals surface area contributed by atoms with E-state index in [0.29, 0.717) is 18.7 Å². The molecule has 0 unspecified atom stereocenters. The van der Waals surface area contributed by atoms with Crippen LogP contribution in [0, 0.1) is 5.82 Å². The van der Waals surface area contributed by atoms with Crippen LogP contribution in [-0.4, -0.2) is 43.1 Å². The van der Waals surface area contributed by atoms with Gasteiger partial charge in [-0.1, -0.05) is 12.1 Å². The van der Waals surface area contributed by atoms with Crippen LogP contribution in [0.3, 0.4) is 0 Å². The minimum absolute atomic E-state index is 0.147. The van der Waals surface area contributed by atoms with Gasteiger partial charge in [-0.3, -0.25) is 0 Å². The fourth-order valence-electron chi connectivity index (χ4n) is 2.82. The van der Waals surface area contributed by atoms with E-state index >= 15 is 0 Å². The first-order chi connectivity index (χ1) is 9.99. The first-order valence-electron chi connectivity index (χ1n) is 6.99. The summed E-state index contributed by atoms with van der Waals surface area (Å²) in [5, 5.41) is 0. The third-order valence-electron chi connectivity index (χ3n) is 3.93. The molecule has 2 aliphatic heterocycles. The smallest absolute Gasteiger partial charge is 0.218 e. The predicted octanol–water partition coefficient (Wildman–Crippen LogP) is 2.21. The molecule has 21 heavy (non-hydrogen) atoms. The zero-order valence-corrected chi connectivity index (χ0v) is 13.3. The van der Waals surface area contributed by atoms with Crippen molar-refractivity contribution in [1.82, 2.24) is 4.31 Å². The SMILES string of the molecule is O=S(=O)(Cc1cccc(F)c1)N1CCC2(CC1)OCCS2. The zero-order valence-electron chi connectivity index (χ0n) is 11.6. The quantitative estimate of drug-likeness (QED) is 0.852. The number of hydrogen-bond donors (Lipinski definition) is 0. The van der Waals surface area contributed by atoms with E-state index in [1.165, 1.54) is 22.5 Å². The van der Waals surface area contributed by atoms with Crippen LogP contribution in [0.4, 0.5) is 4.39 Å². The molecule has 1 aromatic rings. The summed E-state index contributed by atoms with van der Waals surface area (Å²) < 4.78 is 45.3. The van der Waals surface area contributed by atoms with Crippen molar-refractivity contribution in [1.29, 1.82) is 0 Å². The maximum absolute atomic E-state index is 13.2. The number of thioether (sulfide) groups is 1. The van der Waals surface area contributed by atoms with Crippen molar-refractivity contribution in [2.24, 2.45) is 0 Å². The molecule has 0 aromatic heterocycles. The van der Waals surface area contributed by atoms with Gasteiger partial charge >= 0.3 is 0 Å². The number of sulfonamides is 1. The Balaban J connectivity index is 1.66. The standard InChI is InChI=1S/C14H18FNO3S2/c15-13-3-1-2-12(10-13)11-21(17,18)16-6-4-14(5-7-16)19-8-9-20-14/h1-3,10H,4-9,11H2. The topological polar surface area (TPSA) is 46.6 Å². The summed E-state index contributed by atoms with van der Waals surface area (Å²) >= 11 is 1.79. The fraction of sp³-hybridized carbons (Fsp3) is 0.571. The van der Waals surface area contributed by atoms with Crippen LogP contribution in [0.1, 0.15) is 18.4 Å². The van der Waals surface area contributed by atoms with Gasteiger partial charge in [0, 0.05) is 18.8 Å². The van der Waals surface area contributed by atoms with Crippen molar-refractivity contribution in [2.45, 2.75) is 23.5 Å². The summed E-state index contributed by atoms with van der Waals surface area (Å²) in [6.07, 6.45) is 1.44. The molecule has 116 valence electrons. The molecule has 2 aliphatic rings. The second kappa shape index (κ2) is 5.87. The Labute approximate surface area is 128 Å². The minimum atomic E-state index is -3.40. The molecule has 0 aliphatic carbocycles. The van der Waals surface area contributed by atoms with Crippen molar-refractivity contribution < 1.29 is 17.5 Å². The third-order valence-corrected chi connectivity index (χ3v) is 7.20. The van der Waals surface area contributed by atoms with E-state index in [0.717, 1.165) is 25.2 Å². The van der Waals surface area contributed by atoms with E-state index < -0.39 is 15.8 Å². The van der Waals surface area contributed by atoms with Gasteiger partial charge in [-0.25, -0.2) is 17.1 Å². The van der Waals surface area contributed by atoms with Gasteiger partial charge in [-0.15, -0.1) is 11.8 Å². The summed E-state index contributed by atoms with van der Waals surface area (Å²) in [5.74, 6) is 0.429. The van der Waals surface area contributed by atoms with Crippen molar-refractivity contribution in [3.63, 3.8) is 0 Å². The summed E-state index contributed by atoms with van der Waals surface area (Å²) in [5.41, 5.74) is 0.488. The highest BCUT2D eigenvalue weighted by atomic mass is 32.2. The first kappa shape index (κ1) is 15.3. The van der Waals surface area contributed by atoms with Crippen molar-refractivity contribution in [3.05, 3.63) is 35.6 Å². The Morgan fingerprint density at radius 2 is 2.10 bits per heavy atom. The second-order valence-electron chi connectivity index (χ2n) is 5.39. The molecular formula is C14H18FNO3S2. The number of ether oxygens (including phenoxy) is 1. The summed E-state index contributed by atoms with van der Waals surface area (Å²) in [7, 11) is -3.40. The second-order valence-corrected chi connectivity index (χ2v) is 8.80. The van der Waals surface area contributed by atoms with Gasteiger partial charge in [0.1, 0.15) is 10.8 Å². The van der Waals surface area contributed by atoms with Gasteiger partial charge in [0.2, 0.25) is 10.0 Å². The van der Waals surface area contributed by atoms with Crippen LogP contribution >= 0.6 is 11.8 Å². The van der Waals surface area contributed by atoms with E-state index in [1.807, 2.05) is 0 Å². The number of halogens is 1. The summed E-state index contributed by atoms with van der Waals surface area (Å²) in [6, 6.07) is 5.77. The number of benzene rings is 1. The molecule has 4 nitrogen and oxygen atoms in total. The van der Waals surface area contributed by atoms with Gasteiger partial charge in [-0.05, 0) is 30.5 Å². The molecule has 2 saturated heterocycles. The Morgan fingerprint density at radius 3 is 2.71 bits per heavy atom. The molecule has 1 spiro atoms. The van der Waals surface area contributed by atoms with E-state index in [2.05, 4.69) is 0 Å². The first-order valence-corrected chi connectivity index (χ1v) is 9.59. The summed E-state index contributed by atoms with van der Waals surface area (Å²) in [6.45, 7) is 1.70. The highest BCUT2D eigenvalue weighted by Crippen LogP contribution is 2.42. The van der Waals surface area contributed by atoms with Crippen LogP contribution in [0.5, 0.6) is 0 Å². The molecule has 0 radical (unpaired) electrons. The van der Waals surface area contributed by atoms with Crippen LogP contribution in [-0.2, 0) is 20.5 Å². The average Bonchev–Trinajstić information content (AvgIpc) is 2.87. The molecule has 0 amide bonds. The Bertz CT molecular complexity index is 604. The number of piperidine rings is 1. The minimum Gasteiger partial charge on any atom is -0.363 e. The van der Waals surface area contributed by atoms with Crippen molar-refractivity contribution in [3.8, 4) is 0 Å². The van der Waals surface area contributed by atoms with Crippen molar-refractivity contribution in [2.75, 3.05) is 25.4 Å². The van der Waals surface area contributed by atoms with E-state index in [4.69, 9.17) is 4.74 Å². The lowest BCUT2D eigenvalue weighted by Gasteiger charge is -2.37. The van der Waals surface area contributed by atoms with Crippen molar-refractivity contribution >= 4 is 21.8 Å². The van der Waals surface area contributed by atoms with Crippen LogP contribution < -0.4 is 0 Å². The monoisotopic (exact) mass is 331 g/mol. The van der Waals surface area contributed by atoms with E-state index in [-0.39, 0.29) is 10.7 Å². The Hall–Kier alpha value is -0.630. The number of rotatable bonds is 3. The predicted molar refractivity (Wildman–Crippen MR) is 81.0 cm³/mol. The normalized spacial score (nSPS) is 22.7. The molecule has 0 saturated carbocycles. The maximum atomic E-state index is 13.2.